The fourth-order valence-corrected chi connectivity index (χ4v) is 2.24. The standard InChI is InChI=1S/C15H19FN4O/c1-8(2)20-10(4)14(9(3)19-20)18-15(21)12-7-11(17)5-6-13(12)16/h5-8H,17H2,1-4H3,(H,18,21). The Kier molecular flexibility index (Phi) is 3.97. The van der Waals surface area contributed by atoms with E-state index < -0.39 is 11.7 Å². The third kappa shape index (κ3) is 2.89. The zero-order valence-corrected chi connectivity index (χ0v) is 12.6. The molecule has 3 N–H and O–H groups in total. The summed E-state index contributed by atoms with van der Waals surface area (Å²) in [7, 11) is 0. The average molecular weight is 290 g/mol. The van der Waals surface area contributed by atoms with Crippen LogP contribution in [0.25, 0.3) is 0 Å². The lowest BCUT2D eigenvalue weighted by Gasteiger charge is -2.10. The topological polar surface area (TPSA) is 72.9 Å². The molecule has 1 aromatic carbocycles. The van der Waals surface area contributed by atoms with Gasteiger partial charge in [0, 0.05) is 11.7 Å². The summed E-state index contributed by atoms with van der Waals surface area (Å²) in [6.45, 7) is 7.67. The number of carbonyl (C=O) groups excluding carboxylic acids is 1. The summed E-state index contributed by atoms with van der Waals surface area (Å²) in [5.74, 6) is -1.14. The van der Waals surface area contributed by atoms with Crippen molar-refractivity contribution in [2.24, 2.45) is 0 Å². The molecule has 0 unspecified atom stereocenters. The number of aromatic nitrogens is 2. The van der Waals surface area contributed by atoms with Crippen LogP contribution >= 0.6 is 0 Å². The van der Waals surface area contributed by atoms with Gasteiger partial charge in [-0.15, -0.1) is 0 Å². The van der Waals surface area contributed by atoms with E-state index in [0.29, 0.717) is 17.1 Å². The second kappa shape index (κ2) is 5.55. The first-order valence-corrected chi connectivity index (χ1v) is 6.73. The molecular weight excluding hydrogens is 271 g/mol. The van der Waals surface area contributed by atoms with Crippen LogP contribution in [0.3, 0.4) is 0 Å². The number of rotatable bonds is 3. The van der Waals surface area contributed by atoms with Crippen LogP contribution in [0.2, 0.25) is 0 Å². The van der Waals surface area contributed by atoms with Gasteiger partial charge in [-0.25, -0.2) is 4.39 Å². The van der Waals surface area contributed by atoms with Gasteiger partial charge in [-0.3, -0.25) is 9.48 Å². The molecule has 0 atom stereocenters. The number of nitrogens with one attached hydrogen (secondary N) is 1. The van der Waals surface area contributed by atoms with Crippen LogP contribution in [0, 0.1) is 19.7 Å². The predicted octanol–water partition coefficient (Wildman–Crippen LogP) is 3.05. The van der Waals surface area contributed by atoms with Crippen molar-refractivity contribution in [1.29, 1.82) is 0 Å². The van der Waals surface area contributed by atoms with Gasteiger partial charge in [-0.2, -0.15) is 5.10 Å². The number of benzene rings is 1. The number of hydrogen-bond acceptors (Lipinski definition) is 3. The largest absolute Gasteiger partial charge is 0.399 e. The molecule has 0 saturated heterocycles. The summed E-state index contributed by atoms with van der Waals surface area (Å²) in [6, 6.07) is 4.10. The minimum absolute atomic E-state index is 0.0777. The molecule has 0 aliphatic heterocycles. The average Bonchev–Trinajstić information content (AvgIpc) is 2.69. The number of halogens is 1. The Morgan fingerprint density at radius 1 is 1.38 bits per heavy atom. The fourth-order valence-electron chi connectivity index (χ4n) is 2.24. The van der Waals surface area contributed by atoms with Crippen molar-refractivity contribution < 1.29 is 9.18 Å². The van der Waals surface area contributed by atoms with Crippen LogP contribution in [-0.4, -0.2) is 15.7 Å². The molecule has 0 saturated carbocycles. The molecule has 6 heteroatoms. The highest BCUT2D eigenvalue weighted by molar-refractivity contribution is 6.05. The third-order valence-corrected chi connectivity index (χ3v) is 3.29. The summed E-state index contributed by atoms with van der Waals surface area (Å²) in [5.41, 5.74) is 8.00. The number of aryl methyl sites for hydroxylation is 1. The zero-order chi connectivity index (χ0) is 15.7. The van der Waals surface area contributed by atoms with Gasteiger partial charge in [0.2, 0.25) is 0 Å². The normalized spacial score (nSPS) is 11.0. The molecule has 1 amide bonds. The fraction of sp³-hybridized carbons (Fsp3) is 0.333. The van der Waals surface area contributed by atoms with Crippen LogP contribution in [0.5, 0.6) is 0 Å². The number of amides is 1. The van der Waals surface area contributed by atoms with E-state index in [0.717, 1.165) is 5.69 Å². The lowest BCUT2D eigenvalue weighted by molar-refractivity contribution is 0.102. The Bertz CT molecular complexity index is 691. The molecule has 21 heavy (non-hydrogen) atoms. The molecule has 1 aromatic heterocycles. The Morgan fingerprint density at radius 3 is 2.62 bits per heavy atom. The van der Waals surface area contributed by atoms with Gasteiger partial charge in [0.25, 0.3) is 5.91 Å². The Balaban J connectivity index is 2.34. The van der Waals surface area contributed by atoms with Crippen molar-refractivity contribution >= 4 is 17.3 Å². The summed E-state index contributed by atoms with van der Waals surface area (Å²) < 4.78 is 15.5. The van der Waals surface area contributed by atoms with E-state index >= 15 is 0 Å². The minimum atomic E-state index is -0.603. The number of anilines is 2. The minimum Gasteiger partial charge on any atom is -0.399 e. The first-order valence-electron chi connectivity index (χ1n) is 6.73. The van der Waals surface area contributed by atoms with Gasteiger partial charge in [0.1, 0.15) is 5.82 Å². The molecule has 112 valence electrons. The summed E-state index contributed by atoms with van der Waals surface area (Å²) in [5, 5.41) is 7.10. The molecule has 0 radical (unpaired) electrons. The number of nitrogen functional groups attached to an aromatic ring is 1. The van der Waals surface area contributed by atoms with E-state index in [1.54, 1.807) is 6.92 Å². The highest BCUT2D eigenvalue weighted by Gasteiger charge is 2.18. The Labute approximate surface area is 123 Å². The lowest BCUT2D eigenvalue weighted by atomic mass is 10.1. The van der Waals surface area contributed by atoms with Crippen molar-refractivity contribution in [2.45, 2.75) is 33.7 Å². The maximum atomic E-state index is 13.7. The lowest BCUT2D eigenvalue weighted by Crippen LogP contribution is -2.15. The highest BCUT2D eigenvalue weighted by Crippen LogP contribution is 2.23. The van der Waals surface area contributed by atoms with E-state index in [9.17, 15) is 9.18 Å². The maximum absolute atomic E-state index is 13.7. The summed E-state index contributed by atoms with van der Waals surface area (Å²) in [4.78, 5) is 12.2. The molecule has 0 aliphatic carbocycles. The van der Waals surface area contributed by atoms with Gasteiger partial charge in [-0.05, 0) is 45.9 Å². The number of nitrogens with zero attached hydrogens (tertiary/aromatic N) is 2. The van der Waals surface area contributed by atoms with Crippen molar-refractivity contribution in [3.05, 3.63) is 41.0 Å². The molecule has 5 nitrogen and oxygen atoms in total. The monoisotopic (exact) mass is 290 g/mol. The van der Waals surface area contributed by atoms with Crippen molar-refractivity contribution in [3.63, 3.8) is 0 Å². The SMILES string of the molecule is Cc1nn(C(C)C)c(C)c1NC(=O)c1cc(N)ccc1F. The Morgan fingerprint density at radius 2 is 2.05 bits per heavy atom. The molecule has 2 rings (SSSR count). The van der Waals surface area contributed by atoms with Crippen LogP contribution in [-0.2, 0) is 0 Å². The highest BCUT2D eigenvalue weighted by atomic mass is 19.1. The molecule has 0 bridgehead atoms. The van der Waals surface area contributed by atoms with E-state index in [1.807, 2.05) is 25.5 Å². The van der Waals surface area contributed by atoms with E-state index in [-0.39, 0.29) is 11.6 Å². The van der Waals surface area contributed by atoms with Crippen LogP contribution in [0.4, 0.5) is 15.8 Å². The van der Waals surface area contributed by atoms with E-state index in [1.165, 1.54) is 18.2 Å². The zero-order valence-electron chi connectivity index (χ0n) is 12.6. The van der Waals surface area contributed by atoms with Gasteiger partial charge in [0.05, 0.1) is 22.6 Å². The molecular formula is C15H19FN4O. The van der Waals surface area contributed by atoms with Crippen LogP contribution in [0.1, 0.15) is 41.6 Å². The van der Waals surface area contributed by atoms with Crippen molar-refractivity contribution in [1.82, 2.24) is 9.78 Å². The number of nitrogens with two attached hydrogens (primary N) is 1. The van der Waals surface area contributed by atoms with Gasteiger partial charge >= 0.3 is 0 Å². The second-order valence-electron chi connectivity index (χ2n) is 5.28. The third-order valence-electron chi connectivity index (χ3n) is 3.29. The molecule has 0 fully saturated rings. The molecule has 2 aromatic rings. The Hall–Kier alpha value is -2.37. The van der Waals surface area contributed by atoms with Crippen molar-refractivity contribution in [2.75, 3.05) is 11.1 Å². The van der Waals surface area contributed by atoms with Crippen LogP contribution < -0.4 is 11.1 Å². The van der Waals surface area contributed by atoms with Crippen molar-refractivity contribution in [3.8, 4) is 0 Å². The van der Waals surface area contributed by atoms with E-state index in [4.69, 9.17) is 5.73 Å². The first kappa shape index (κ1) is 15.0. The summed E-state index contributed by atoms with van der Waals surface area (Å²) >= 11 is 0. The van der Waals surface area contributed by atoms with Gasteiger partial charge in [-0.1, -0.05) is 0 Å². The molecule has 0 aliphatic rings. The quantitative estimate of drug-likeness (QED) is 0.853. The van der Waals surface area contributed by atoms with Crippen LogP contribution in [0.15, 0.2) is 18.2 Å². The summed E-state index contributed by atoms with van der Waals surface area (Å²) in [6.07, 6.45) is 0. The van der Waals surface area contributed by atoms with Gasteiger partial charge < -0.3 is 11.1 Å². The first-order chi connectivity index (χ1) is 9.81. The number of hydrogen-bond donors (Lipinski definition) is 2. The van der Waals surface area contributed by atoms with E-state index in [2.05, 4.69) is 10.4 Å². The molecule has 1 heterocycles. The van der Waals surface area contributed by atoms with Gasteiger partial charge in [0.15, 0.2) is 0 Å². The smallest absolute Gasteiger partial charge is 0.258 e. The number of carbonyl (C=O) groups is 1. The second-order valence-corrected chi connectivity index (χ2v) is 5.28. The maximum Gasteiger partial charge on any atom is 0.258 e. The predicted molar refractivity (Wildman–Crippen MR) is 80.9 cm³/mol. The molecule has 0 spiro atoms.